The standard InChI is InChI=1S/C23H37N5O.HI/c1-3-28-14-8-13-21(28)17-26-23(24-2)25-16-18-9-7-12-20(15-18)27-22(29)19-10-5-4-6-11-19;/h7,9,12,15,19,21H,3-6,8,10-11,13-14,16-17H2,1-2H3,(H,27,29)(H2,24,25,26);1H. The van der Waals surface area contributed by atoms with Gasteiger partial charge >= 0.3 is 0 Å². The number of likely N-dealkylation sites (tertiary alicyclic amines) is 1. The Balaban J connectivity index is 0.00000320. The molecule has 1 aliphatic heterocycles. The Bertz CT molecular complexity index is 690. The van der Waals surface area contributed by atoms with E-state index < -0.39 is 0 Å². The van der Waals surface area contributed by atoms with Crippen LogP contribution in [0.3, 0.4) is 0 Å². The van der Waals surface area contributed by atoms with E-state index in [1.165, 1.54) is 38.6 Å². The molecule has 2 aliphatic rings. The number of anilines is 1. The zero-order chi connectivity index (χ0) is 20.5. The van der Waals surface area contributed by atoms with Gasteiger partial charge in [0.15, 0.2) is 5.96 Å². The van der Waals surface area contributed by atoms with Crippen molar-refractivity contribution >= 4 is 41.5 Å². The average Bonchev–Trinajstić information content (AvgIpc) is 3.22. The van der Waals surface area contributed by atoms with Crippen LogP contribution in [0.5, 0.6) is 0 Å². The lowest BCUT2D eigenvalue weighted by Gasteiger charge is -2.24. The van der Waals surface area contributed by atoms with Gasteiger partial charge in [0, 0.05) is 37.8 Å². The van der Waals surface area contributed by atoms with E-state index in [0.29, 0.717) is 12.6 Å². The molecule has 1 aliphatic carbocycles. The fraction of sp³-hybridized carbons (Fsp3) is 0.652. The third-order valence-corrected chi connectivity index (χ3v) is 6.26. The molecule has 1 saturated carbocycles. The van der Waals surface area contributed by atoms with Crippen LogP contribution >= 0.6 is 24.0 Å². The zero-order valence-corrected chi connectivity index (χ0v) is 20.8. The Hall–Kier alpha value is -1.35. The number of likely N-dealkylation sites (N-methyl/N-ethyl adjacent to an activating group) is 1. The van der Waals surface area contributed by atoms with E-state index >= 15 is 0 Å². The first-order valence-corrected chi connectivity index (χ1v) is 11.3. The van der Waals surface area contributed by atoms with E-state index in [1.807, 2.05) is 19.2 Å². The summed E-state index contributed by atoms with van der Waals surface area (Å²) in [6.45, 7) is 6.14. The van der Waals surface area contributed by atoms with Crippen molar-refractivity contribution in [3.63, 3.8) is 0 Å². The van der Waals surface area contributed by atoms with Gasteiger partial charge < -0.3 is 16.0 Å². The number of halogens is 1. The summed E-state index contributed by atoms with van der Waals surface area (Å²) in [6.07, 6.45) is 8.18. The van der Waals surface area contributed by atoms with Crippen molar-refractivity contribution in [2.24, 2.45) is 10.9 Å². The van der Waals surface area contributed by atoms with Gasteiger partial charge in [-0.05, 0) is 56.5 Å². The topological polar surface area (TPSA) is 68.8 Å². The van der Waals surface area contributed by atoms with E-state index in [0.717, 1.165) is 43.1 Å². The van der Waals surface area contributed by atoms with Gasteiger partial charge in [-0.3, -0.25) is 14.7 Å². The van der Waals surface area contributed by atoms with Crippen LogP contribution in [0.15, 0.2) is 29.3 Å². The number of guanidine groups is 1. The fourth-order valence-electron chi connectivity index (χ4n) is 4.53. The Labute approximate surface area is 198 Å². The van der Waals surface area contributed by atoms with Crippen molar-refractivity contribution in [3.8, 4) is 0 Å². The highest BCUT2D eigenvalue weighted by atomic mass is 127. The quantitative estimate of drug-likeness (QED) is 0.285. The van der Waals surface area contributed by atoms with Crippen LogP contribution in [0.2, 0.25) is 0 Å². The van der Waals surface area contributed by atoms with Crippen molar-refractivity contribution in [1.29, 1.82) is 0 Å². The summed E-state index contributed by atoms with van der Waals surface area (Å²) in [7, 11) is 1.81. The summed E-state index contributed by atoms with van der Waals surface area (Å²) in [4.78, 5) is 19.4. The van der Waals surface area contributed by atoms with Gasteiger partial charge in [0.05, 0.1) is 0 Å². The number of nitrogens with one attached hydrogen (secondary N) is 3. The molecule has 1 aromatic rings. The van der Waals surface area contributed by atoms with Crippen LogP contribution in [0.4, 0.5) is 5.69 Å². The first kappa shape index (κ1) is 24.9. The minimum absolute atomic E-state index is 0. The molecular weight excluding hydrogens is 489 g/mol. The number of carbonyl (C=O) groups is 1. The van der Waals surface area contributed by atoms with Crippen molar-refractivity contribution in [2.75, 3.05) is 32.0 Å². The summed E-state index contributed by atoms with van der Waals surface area (Å²) in [5.74, 6) is 1.17. The normalized spacial score (nSPS) is 20.5. The van der Waals surface area contributed by atoms with Crippen molar-refractivity contribution in [3.05, 3.63) is 29.8 Å². The molecule has 0 radical (unpaired) electrons. The number of benzene rings is 1. The molecule has 1 atom stereocenters. The minimum Gasteiger partial charge on any atom is -0.355 e. The second-order valence-electron chi connectivity index (χ2n) is 8.26. The highest BCUT2D eigenvalue weighted by molar-refractivity contribution is 14.0. The maximum atomic E-state index is 12.5. The predicted octanol–water partition coefficient (Wildman–Crippen LogP) is 3.97. The molecule has 3 N–H and O–H groups in total. The first-order valence-electron chi connectivity index (χ1n) is 11.3. The molecule has 0 aromatic heterocycles. The minimum atomic E-state index is 0. The molecule has 1 saturated heterocycles. The van der Waals surface area contributed by atoms with Crippen LogP contribution in [0.25, 0.3) is 0 Å². The Morgan fingerprint density at radius 3 is 2.67 bits per heavy atom. The summed E-state index contributed by atoms with van der Waals surface area (Å²) in [6, 6.07) is 8.69. The molecule has 30 heavy (non-hydrogen) atoms. The third kappa shape index (κ3) is 7.41. The van der Waals surface area contributed by atoms with E-state index in [4.69, 9.17) is 0 Å². The number of aliphatic imine (C=N–C) groups is 1. The molecule has 2 fully saturated rings. The molecule has 0 spiro atoms. The molecule has 1 aromatic carbocycles. The fourth-order valence-corrected chi connectivity index (χ4v) is 4.53. The molecule has 168 valence electrons. The van der Waals surface area contributed by atoms with Gasteiger partial charge in [0.25, 0.3) is 0 Å². The number of hydrogen-bond donors (Lipinski definition) is 3. The highest BCUT2D eigenvalue weighted by Gasteiger charge is 2.23. The Morgan fingerprint density at radius 1 is 1.13 bits per heavy atom. The first-order chi connectivity index (χ1) is 14.2. The molecule has 6 nitrogen and oxygen atoms in total. The van der Waals surface area contributed by atoms with E-state index in [-0.39, 0.29) is 35.8 Å². The van der Waals surface area contributed by atoms with Crippen LogP contribution in [0, 0.1) is 5.92 Å². The van der Waals surface area contributed by atoms with Gasteiger partial charge in [0.1, 0.15) is 0 Å². The van der Waals surface area contributed by atoms with Gasteiger partial charge in [-0.25, -0.2) is 0 Å². The molecule has 1 heterocycles. The van der Waals surface area contributed by atoms with Gasteiger partial charge in [-0.15, -0.1) is 24.0 Å². The van der Waals surface area contributed by atoms with E-state index in [9.17, 15) is 4.79 Å². The van der Waals surface area contributed by atoms with Crippen molar-refractivity contribution in [1.82, 2.24) is 15.5 Å². The zero-order valence-electron chi connectivity index (χ0n) is 18.5. The SMILES string of the molecule is CCN1CCCC1CNC(=NC)NCc1cccc(NC(=O)C2CCCCC2)c1.I. The maximum Gasteiger partial charge on any atom is 0.227 e. The average molecular weight is 527 g/mol. The van der Waals surface area contributed by atoms with Gasteiger partial charge in [0.2, 0.25) is 5.91 Å². The number of carbonyl (C=O) groups excluding carboxylic acids is 1. The molecule has 1 amide bonds. The smallest absolute Gasteiger partial charge is 0.227 e. The Morgan fingerprint density at radius 2 is 1.93 bits per heavy atom. The van der Waals surface area contributed by atoms with Crippen molar-refractivity contribution in [2.45, 2.75) is 64.5 Å². The molecule has 1 unspecified atom stereocenters. The summed E-state index contributed by atoms with van der Waals surface area (Å²) < 4.78 is 0. The lowest BCUT2D eigenvalue weighted by Crippen LogP contribution is -2.44. The molecule has 0 bridgehead atoms. The monoisotopic (exact) mass is 527 g/mol. The third-order valence-electron chi connectivity index (χ3n) is 6.26. The second kappa shape index (κ2) is 13.1. The molecule has 7 heteroatoms. The maximum absolute atomic E-state index is 12.5. The highest BCUT2D eigenvalue weighted by Crippen LogP contribution is 2.25. The van der Waals surface area contributed by atoms with Crippen molar-refractivity contribution < 1.29 is 4.79 Å². The van der Waals surface area contributed by atoms with Gasteiger partial charge in [-0.2, -0.15) is 0 Å². The lowest BCUT2D eigenvalue weighted by atomic mass is 9.88. The Kier molecular flexibility index (Phi) is 10.9. The van der Waals surface area contributed by atoms with E-state index in [1.54, 1.807) is 0 Å². The van der Waals surface area contributed by atoms with Crippen LogP contribution in [-0.2, 0) is 11.3 Å². The largest absolute Gasteiger partial charge is 0.355 e. The summed E-state index contributed by atoms with van der Waals surface area (Å²) >= 11 is 0. The summed E-state index contributed by atoms with van der Waals surface area (Å²) in [5, 5.41) is 9.97. The predicted molar refractivity (Wildman–Crippen MR) is 136 cm³/mol. The van der Waals surface area contributed by atoms with Crippen LogP contribution < -0.4 is 16.0 Å². The van der Waals surface area contributed by atoms with Crippen LogP contribution in [-0.4, -0.2) is 49.5 Å². The van der Waals surface area contributed by atoms with E-state index in [2.05, 4.69) is 44.9 Å². The molecule has 3 rings (SSSR count). The molecular formula is C23H38IN5O. The number of rotatable bonds is 7. The number of hydrogen-bond acceptors (Lipinski definition) is 3. The number of nitrogens with zero attached hydrogens (tertiary/aromatic N) is 2. The second-order valence-corrected chi connectivity index (χ2v) is 8.26. The summed E-state index contributed by atoms with van der Waals surface area (Å²) in [5.41, 5.74) is 2.01. The van der Waals surface area contributed by atoms with Crippen LogP contribution in [0.1, 0.15) is 57.4 Å². The number of amides is 1. The lowest BCUT2D eigenvalue weighted by molar-refractivity contribution is -0.120. The van der Waals surface area contributed by atoms with Gasteiger partial charge in [-0.1, -0.05) is 38.3 Å².